The lowest BCUT2D eigenvalue weighted by Gasteiger charge is -2.25. The molecule has 1 aromatic carbocycles. The van der Waals surface area contributed by atoms with Crippen LogP contribution in [0.5, 0.6) is 0 Å². The zero-order valence-electron chi connectivity index (χ0n) is 18.4. The van der Waals surface area contributed by atoms with Crippen molar-refractivity contribution in [3.63, 3.8) is 0 Å². The number of carbonyl (C=O) groups is 2. The van der Waals surface area contributed by atoms with E-state index in [0.29, 0.717) is 31.4 Å². The Kier molecular flexibility index (Phi) is 6.10. The van der Waals surface area contributed by atoms with Crippen LogP contribution >= 0.6 is 0 Å². The number of nitrogens with one attached hydrogen (secondary N) is 2. The maximum Gasteiger partial charge on any atom is 0.269 e. The number of likely N-dealkylation sites (tertiary alicyclic amines) is 1. The number of nitrogens with zero attached hydrogens (tertiary/aromatic N) is 3. The highest BCUT2D eigenvalue weighted by atomic mass is 19.3. The van der Waals surface area contributed by atoms with Gasteiger partial charge in [0, 0.05) is 38.8 Å². The number of alkyl halides is 2. The highest BCUT2D eigenvalue weighted by Crippen LogP contribution is 2.35. The Balaban J connectivity index is 1.45. The van der Waals surface area contributed by atoms with Gasteiger partial charge in [0.15, 0.2) is 5.60 Å². The minimum absolute atomic E-state index is 0.0795. The summed E-state index contributed by atoms with van der Waals surface area (Å²) in [5.74, 6) is -4.77. The van der Waals surface area contributed by atoms with Gasteiger partial charge in [-0.15, -0.1) is 0 Å². The predicted molar refractivity (Wildman–Crippen MR) is 115 cm³/mol. The maximum absolute atomic E-state index is 14.9. The molecule has 2 aliphatic heterocycles. The Hall–Kier alpha value is -3.06. The molecule has 2 amide bonds. The Labute approximate surface area is 190 Å². The average molecular weight is 459 g/mol. The van der Waals surface area contributed by atoms with Gasteiger partial charge in [0.2, 0.25) is 5.91 Å². The van der Waals surface area contributed by atoms with Gasteiger partial charge in [0.1, 0.15) is 17.3 Å². The largest absolute Gasteiger partial charge is 0.387 e. The minimum atomic E-state index is -3.26. The van der Waals surface area contributed by atoms with Crippen LogP contribution in [0.15, 0.2) is 35.5 Å². The first-order chi connectivity index (χ1) is 15.6. The molecule has 1 spiro atoms. The zero-order valence-corrected chi connectivity index (χ0v) is 18.4. The molecule has 0 radical (unpaired) electrons. The summed E-state index contributed by atoms with van der Waals surface area (Å²) < 4.78 is 29.8. The van der Waals surface area contributed by atoms with Crippen molar-refractivity contribution in [1.82, 2.24) is 15.5 Å². The van der Waals surface area contributed by atoms with E-state index in [2.05, 4.69) is 20.7 Å². The monoisotopic (exact) mass is 459 g/mol. The Morgan fingerprint density at radius 1 is 1.30 bits per heavy atom. The molecule has 2 fully saturated rings. The number of carbonyl (C=O) groups excluding carboxylic acids is 2. The van der Waals surface area contributed by atoms with Crippen molar-refractivity contribution in [2.45, 2.75) is 61.6 Å². The van der Waals surface area contributed by atoms with Crippen molar-refractivity contribution in [2.24, 2.45) is 5.16 Å². The molecule has 1 unspecified atom stereocenters. The van der Waals surface area contributed by atoms with Gasteiger partial charge in [-0.1, -0.05) is 35.5 Å². The fourth-order valence-corrected chi connectivity index (χ4v) is 4.34. The van der Waals surface area contributed by atoms with Crippen molar-refractivity contribution in [3.05, 3.63) is 35.9 Å². The van der Waals surface area contributed by atoms with Gasteiger partial charge < -0.3 is 20.4 Å². The van der Waals surface area contributed by atoms with Crippen molar-refractivity contribution in [3.8, 4) is 6.07 Å². The van der Waals surface area contributed by atoms with Crippen LogP contribution in [0.3, 0.4) is 0 Å². The van der Waals surface area contributed by atoms with Gasteiger partial charge in [-0.3, -0.25) is 9.59 Å². The van der Waals surface area contributed by atoms with Crippen LogP contribution in [-0.2, 0) is 20.8 Å². The summed E-state index contributed by atoms with van der Waals surface area (Å²) in [5.41, 5.74) is -1.13. The normalized spacial score (nSPS) is 24.5. The smallest absolute Gasteiger partial charge is 0.269 e. The molecular formula is C23H27F2N5O3. The summed E-state index contributed by atoms with van der Waals surface area (Å²) in [6.45, 7) is 1.41. The number of amides is 2. The summed E-state index contributed by atoms with van der Waals surface area (Å²) >= 11 is 0. The van der Waals surface area contributed by atoms with Crippen molar-refractivity contribution < 1.29 is 23.2 Å². The molecule has 2 N–H and O–H groups in total. The average Bonchev–Trinajstić information content (AvgIpc) is 3.26. The number of hydrogen-bond donors (Lipinski definition) is 2. The molecule has 1 saturated heterocycles. The number of oxime groups is 1. The molecule has 2 atom stereocenters. The fraction of sp³-hybridized carbons (Fsp3) is 0.565. The number of benzene rings is 1. The van der Waals surface area contributed by atoms with E-state index in [9.17, 15) is 23.6 Å². The molecule has 3 aliphatic rings. The lowest BCUT2D eigenvalue weighted by Crippen LogP contribution is -2.53. The van der Waals surface area contributed by atoms with Gasteiger partial charge in [0.25, 0.3) is 11.8 Å². The van der Waals surface area contributed by atoms with E-state index in [1.165, 1.54) is 0 Å². The lowest BCUT2D eigenvalue weighted by atomic mass is 9.95. The molecule has 1 saturated carbocycles. The molecule has 0 bridgehead atoms. The van der Waals surface area contributed by atoms with Crippen LogP contribution in [0.2, 0.25) is 0 Å². The minimum Gasteiger partial charge on any atom is -0.387 e. The molecule has 176 valence electrons. The van der Waals surface area contributed by atoms with E-state index in [1.807, 2.05) is 13.1 Å². The van der Waals surface area contributed by atoms with Gasteiger partial charge in [-0.2, -0.15) is 5.26 Å². The Morgan fingerprint density at radius 3 is 2.64 bits per heavy atom. The highest BCUT2D eigenvalue weighted by molar-refractivity contribution is 6.39. The molecular weight excluding hydrogens is 432 g/mol. The second kappa shape index (κ2) is 8.71. The molecule has 4 rings (SSSR count). The first-order valence-electron chi connectivity index (χ1n) is 11.0. The van der Waals surface area contributed by atoms with Crippen LogP contribution in [0, 0.1) is 11.3 Å². The Morgan fingerprint density at radius 2 is 2.03 bits per heavy atom. The molecule has 1 aliphatic carbocycles. The highest BCUT2D eigenvalue weighted by Gasteiger charge is 2.48. The van der Waals surface area contributed by atoms with Gasteiger partial charge >= 0.3 is 0 Å². The van der Waals surface area contributed by atoms with Crippen LogP contribution in [0.4, 0.5) is 8.78 Å². The third-order valence-corrected chi connectivity index (χ3v) is 6.37. The van der Waals surface area contributed by atoms with Gasteiger partial charge in [-0.25, -0.2) is 8.78 Å². The van der Waals surface area contributed by atoms with Crippen LogP contribution in [0.1, 0.15) is 37.7 Å². The maximum atomic E-state index is 14.9. The van der Waals surface area contributed by atoms with E-state index < -0.39 is 47.8 Å². The molecule has 10 heteroatoms. The van der Waals surface area contributed by atoms with Crippen molar-refractivity contribution in [2.75, 3.05) is 20.1 Å². The van der Waals surface area contributed by atoms with Crippen molar-refractivity contribution >= 4 is 17.5 Å². The van der Waals surface area contributed by atoms with E-state index in [1.54, 1.807) is 30.3 Å². The van der Waals surface area contributed by atoms with Crippen molar-refractivity contribution in [1.29, 1.82) is 5.26 Å². The third kappa shape index (κ3) is 5.47. The second-order valence-electron chi connectivity index (χ2n) is 9.41. The van der Waals surface area contributed by atoms with Gasteiger partial charge in [-0.05, 0) is 25.5 Å². The number of likely N-dealkylation sites (N-methyl/N-ethyl adjacent to an activating group) is 1. The zero-order chi connectivity index (χ0) is 23.7. The van der Waals surface area contributed by atoms with Crippen LogP contribution in [-0.4, -0.2) is 65.7 Å². The SMILES string of the molecule is CN1CCC2(CC(C(=O)N[C@@H](CC(F)(F)Cc3ccccc3)C(=O)NC3(C#N)CC3)=NO2)C1. The van der Waals surface area contributed by atoms with Gasteiger partial charge in [0.05, 0.1) is 6.07 Å². The first-order valence-corrected chi connectivity index (χ1v) is 11.0. The Bertz CT molecular complexity index is 990. The summed E-state index contributed by atoms with van der Waals surface area (Å²) in [7, 11) is 1.94. The first kappa shape index (κ1) is 23.1. The number of halogens is 2. The molecule has 0 aromatic heterocycles. The lowest BCUT2D eigenvalue weighted by molar-refractivity contribution is -0.130. The molecule has 33 heavy (non-hydrogen) atoms. The third-order valence-electron chi connectivity index (χ3n) is 6.37. The van der Waals surface area contributed by atoms with E-state index >= 15 is 0 Å². The quantitative estimate of drug-likeness (QED) is 0.616. The summed E-state index contributed by atoms with van der Waals surface area (Å²) in [4.78, 5) is 33.3. The number of hydrogen-bond acceptors (Lipinski definition) is 6. The summed E-state index contributed by atoms with van der Waals surface area (Å²) in [5, 5.41) is 18.1. The van der Waals surface area contributed by atoms with E-state index in [4.69, 9.17) is 4.84 Å². The van der Waals surface area contributed by atoms with Crippen LogP contribution in [0.25, 0.3) is 0 Å². The topological polar surface area (TPSA) is 107 Å². The van der Waals surface area contributed by atoms with Crippen LogP contribution < -0.4 is 10.6 Å². The standard InChI is InChI=1S/C23H27F2N5O3/c1-30-10-9-22(15-30)12-18(29-33-22)19(31)27-17(20(32)28-21(14-26)7-8-21)13-23(24,25)11-16-5-3-2-4-6-16/h2-6,17H,7-13,15H2,1H3,(H,27,31)(H,28,32)/t17-,22?/m0/s1. The van der Waals surface area contributed by atoms with E-state index in [0.717, 1.165) is 6.54 Å². The number of nitriles is 1. The molecule has 2 heterocycles. The predicted octanol–water partition coefficient (Wildman–Crippen LogP) is 1.76. The fourth-order valence-electron chi connectivity index (χ4n) is 4.34. The number of rotatable bonds is 8. The van der Waals surface area contributed by atoms with E-state index in [-0.39, 0.29) is 12.1 Å². The molecule has 8 nitrogen and oxygen atoms in total. The molecule has 1 aromatic rings. The second-order valence-corrected chi connectivity index (χ2v) is 9.41. The summed E-state index contributed by atoms with van der Waals surface area (Å²) in [6.07, 6.45) is 0.382. The summed E-state index contributed by atoms with van der Waals surface area (Å²) in [6, 6.07) is 8.71.